The molecule has 0 unspecified atom stereocenters. The average molecular weight is 356 g/mol. The van der Waals surface area contributed by atoms with Gasteiger partial charge in [0.25, 0.3) is 5.91 Å². The van der Waals surface area contributed by atoms with Crippen LogP contribution < -0.4 is 10.2 Å². The van der Waals surface area contributed by atoms with Crippen LogP contribution in [0.2, 0.25) is 5.02 Å². The molecule has 126 valence electrons. The van der Waals surface area contributed by atoms with Gasteiger partial charge in [0.2, 0.25) is 0 Å². The van der Waals surface area contributed by atoms with Gasteiger partial charge in [-0.25, -0.2) is 9.37 Å². The van der Waals surface area contributed by atoms with Gasteiger partial charge in [0.1, 0.15) is 5.82 Å². The number of benzene rings is 2. The van der Waals surface area contributed by atoms with E-state index in [9.17, 15) is 9.18 Å². The first-order valence-corrected chi connectivity index (χ1v) is 7.94. The third kappa shape index (κ3) is 3.78. The van der Waals surface area contributed by atoms with Gasteiger partial charge in [-0.05, 0) is 48.5 Å². The Labute approximate surface area is 149 Å². The highest BCUT2D eigenvalue weighted by Crippen LogP contribution is 2.29. The molecule has 6 heteroatoms. The summed E-state index contributed by atoms with van der Waals surface area (Å²) in [5.74, 6) is -0.567. The van der Waals surface area contributed by atoms with Crippen molar-refractivity contribution in [3.8, 4) is 0 Å². The van der Waals surface area contributed by atoms with Crippen molar-refractivity contribution in [2.24, 2.45) is 0 Å². The Morgan fingerprint density at radius 3 is 2.52 bits per heavy atom. The third-order valence-electron chi connectivity index (χ3n) is 3.68. The van der Waals surface area contributed by atoms with E-state index in [0.29, 0.717) is 16.5 Å². The van der Waals surface area contributed by atoms with Crippen LogP contribution in [0, 0.1) is 5.82 Å². The van der Waals surface area contributed by atoms with Crippen molar-refractivity contribution in [3.05, 3.63) is 83.3 Å². The summed E-state index contributed by atoms with van der Waals surface area (Å²) in [7, 11) is 1.82. The Hall–Kier alpha value is -2.92. The molecule has 3 aromatic rings. The summed E-state index contributed by atoms with van der Waals surface area (Å²) in [6, 6.07) is 16.5. The number of hydrogen-bond acceptors (Lipinski definition) is 3. The van der Waals surface area contributed by atoms with E-state index in [0.717, 1.165) is 5.69 Å². The predicted molar refractivity (Wildman–Crippen MR) is 98.1 cm³/mol. The standard InChI is InChI=1S/C19H15ClFN3O/c1-24(14-10-8-13(20)9-11-14)18-17(7-4-12-22-18)23-19(25)15-5-2-3-6-16(15)21/h2-12H,1H3,(H,23,25). The monoisotopic (exact) mass is 355 g/mol. The van der Waals surface area contributed by atoms with E-state index in [1.807, 2.05) is 24.1 Å². The number of carbonyl (C=O) groups excluding carboxylic acids is 1. The van der Waals surface area contributed by atoms with E-state index in [-0.39, 0.29) is 5.56 Å². The van der Waals surface area contributed by atoms with Gasteiger partial charge in [0.15, 0.2) is 5.82 Å². The molecular weight excluding hydrogens is 341 g/mol. The number of nitrogens with zero attached hydrogens (tertiary/aromatic N) is 2. The van der Waals surface area contributed by atoms with E-state index in [4.69, 9.17) is 11.6 Å². The number of aromatic nitrogens is 1. The molecule has 0 saturated heterocycles. The molecule has 0 spiro atoms. The molecule has 2 aromatic carbocycles. The molecule has 3 rings (SSSR count). The highest BCUT2D eigenvalue weighted by molar-refractivity contribution is 6.30. The fourth-order valence-corrected chi connectivity index (χ4v) is 2.51. The number of anilines is 3. The number of amides is 1. The van der Waals surface area contributed by atoms with Crippen LogP contribution >= 0.6 is 11.6 Å². The van der Waals surface area contributed by atoms with Crippen molar-refractivity contribution in [1.82, 2.24) is 4.98 Å². The lowest BCUT2D eigenvalue weighted by atomic mass is 10.2. The number of pyridine rings is 1. The Bertz CT molecular complexity index is 899. The molecular formula is C19H15ClFN3O. The summed E-state index contributed by atoms with van der Waals surface area (Å²) in [5.41, 5.74) is 1.31. The SMILES string of the molecule is CN(c1ccc(Cl)cc1)c1ncccc1NC(=O)c1ccccc1F. The maximum atomic E-state index is 13.8. The van der Waals surface area contributed by atoms with E-state index in [2.05, 4.69) is 10.3 Å². The van der Waals surface area contributed by atoms with E-state index >= 15 is 0 Å². The highest BCUT2D eigenvalue weighted by Gasteiger charge is 2.16. The molecule has 0 aliphatic rings. The molecule has 0 saturated carbocycles. The van der Waals surface area contributed by atoms with Crippen LogP contribution in [0.5, 0.6) is 0 Å². The molecule has 0 bridgehead atoms. The molecule has 1 N–H and O–H groups in total. The second-order valence-corrected chi connectivity index (χ2v) is 5.78. The lowest BCUT2D eigenvalue weighted by Crippen LogP contribution is -2.18. The topological polar surface area (TPSA) is 45.2 Å². The van der Waals surface area contributed by atoms with Crippen molar-refractivity contribution in [2.75, 3.05) is 17.3 Å². The van der Waals surface area contributed by atoms with Crippen LogP contribution in [0.3, 0.4) is 0 Å². The maximum absolute atomic E-state index is 13.8. The molecule has 0 aliphatic heterocycles. The van der Waals surface area contributed by atoms with Gasteiger partial charge in [-0.3, -0.25) is 4.79 Å². The zero-order valence-electron chi connectivity index (χ0n) is 13.4. The average Bonchev–Trinajstić information content (AvgIpc) is 2.62. The molecule has 0 fully saturated rings. The molecule has 1 heterocycles. The summed E-state index contributed by atoms with van der Waals surface area (Å²) in [4.78, 5) is 18.5. The van der Waals surface area contributed by atoms with Crippen molar-refractivity contribution < 1.29 is 9.18 Å². The fraction of sp³-hybridized carbons (Fsp3) is 0.0526. The van der Waals surface area contributed by atoms with Crippen LogP contribution in [0.25, 0.3) is 0 Å². The van der Waals surface area contributed by atoms with E-state index < -0.39 is 11.7 Å². The highest BCUT2D eigenvalue weighted by atomic mass is 35.5. The number of rotatable bonds is 4. The molecule has 0 aliphatic carbocycles. The Morgan fingerprint density at radius 1 is 1.08 bits per heavy atom. The minimum atomic E-state index is -0.573. The minimum Gasteiger partial charge on any atom is -0.328 e. The normalized spacial score (nSPS) is 10.4. The fourth-order valence-electron chi connectivity index (χ4n) is 2.38. The van der Waals surface area contributed by atoms with Gasteiger partial charge in [-0.2, -0.15) is 0 Å². The van der Waals surface area contributed by atoms with Crippen molar-refractivity contribution >= 4 is 34.7 Å². The second-order valence-electron chi connectivity index (χ2n) is 5.34. The van der Waals surface area contributed by atoms with Crippen LogP contribution in [-0.4, -0.2) is 17.9 Å². The first-order chi connectivity index (χ1) is 12.1. The number of carbonyl (C=O) groups is 1. The van der Waals surface area contributed by atoms with Crippen molar-refractivity contribution in [2.45, 2.75) is 0 Å². The lowest BCUT2D eigenvalue weighted by molar-refractivity contribution is 0.102. The largest absolute Gasteiger partial charge is 0.328 e. The Balaban J connectivity index is 1.90. The summed E-state index contributed by atoms with van der Waals surface area (Å²) >= 11 is 5.92. The quantitative estimate of drug-likeness (QED) is 0.724. The van der Waals surface area contributed by atoms with Gasteiger partial charge >= 0.3 is 0 Å². The van der Waals surface area contributed by atoms with Gasteiger partial charge in [-0.15, -0.1) is 0 Å². The van der Waals surface area contributed by atoms with Crippen LogP contribution in [0.1, 0.15) is 10.4 Å². The zero-order valence-corrected chi connectivity index (χ0v) is 14.2. The van der Waals surface area contributed by atoms with Gasteiger partial charge in [-0.1, -0.05) is 23.7 Å². The smallest absolute Gasteiger partial charge is 0.258 e. The molecule has 0 radical (unpaired) electrons. The van der Waals surface area contributed by atoms with Gasteiger partial charge < -0.3 is 10.2 Å². The van der Waals surface area contributed by atoms with E-state index in [1.165, 1.54) is 18.2 Å². The molecule has 1 aromatic heterocycles. The van der Waals surface area contributed by atoms with Crippen LogP contribution in [0.4, 0.5) is 21.6 Å². The number of nitrogens with one attached hydrogen (secondary N) is 1. The molecule has 25 heavy (non-hydrogen) atoms. The van der Waals surface area contributed by atoms with Crippen LogP contribution in [-0.2, 0) is 0 Å². The van der Waals surface area contributed by atoms with E-state index in [1.54, 1.807) is 36.5 Å². The maximum Gasteiger partial charge on any atom is 0.258 e. The molecule has 4 nitrogen and oxygen atoms in total. The number of halogens is 2. The first kappa shape index (κ1) is 16.9. The van der Waals surface area contributed by atoms with Crippen molar-refractivity contribution in [3.63, 3.8) is 0 Å². The van der Waals surface area contributed by atoms with Gasteiger partial charge in [0, 0.05) is 24.0 Å². The molecule has 1 amide bonds. The summed E-state index contributed by atoms with van der Waals surface area (Å²) in [6.45, 7) is 0. The third-order valence-corrected chi connectivity index (χ3v) is 3.94. The zero-order chi connectivity index (χ0) is 17.8. The van der Waals surface area contributed by atoms with Crippen LogP contribution in [0.15, 0.2) is 66.9 Å². The minimum absolute atomic E-state index is 0.0218. The van der Waals surface area contributed by atoms with Crippen molar-refractivity contribution in [1.29, 1.82) is 0 Å². The Morgan fingerprint density at radius 2 is 1.80 bits per heavy atom. The summed E-state index contributed by atoms with van der Waals surface area (Å²) in [6.07, 6.45) is 1.63. The first-order valence-electron chi connectivity index (χ1n) is 7.56. The predicted octanol–water partition coefficient (Wildman–Crippen LogP) is 4.89. The Kier molecular flexibility index (Phi) is 4.95. The van der Waals surface area contributed by atoms with Gasteiger partial charge in [0.05, 0.1) is 11.3 Å². The summed E-state index contributed by atoms with van der Waals surface area (Å²) in [5, 5.41) is 3.35. The lowest BCUT2D eigenvalue weighted by Gasteiger charge is -2.21. The number of hydrogen-bond donors (Lipinski definition) is 1. The summed E-state index contributed by atoms with van der Waals surface area (Å²) < 4.78 is 13.8. The molecule has 0 atom stereocenters. The second kappa shape index (κ2) is 7.32.